The van der Waals surface area contributed by atoms with Crippen molar-refractivity contribution in [3.05, 3.63) is 67.5 Å². The van der Waals surface area contributed by atoms with Crippen LogP contribution in [0.5, 0.6) is 0 Å². The van der Waals surface area contributed by atoms with E-state index in [0.29, 0.717) is 17.8 Å². The average Bonchev–Trinajstić information content (AvgIpc) is 3.52. The van der Waals surface area contributed by atoms with E-state index in [1.807, 2.05) is 30.2 Å². The molecule has 5 nitrogen and oxygen atoms in total. The maximum atomic E-state index is 12.6. The monoisotopic (exact) mass is 402 g/mol. The molecule has 30 heavy (non-hydrogen) atoms. The SMILES string of the molecule is C=C/C=C(/c1ccc2cnc(NC(=O)CN3CCC4(CC3)CC4)cc2c1)N(C)C=C. The highest BCUT2D eigenvalue weighted by Crippen LogP contribution is 2.53. The fourth-order valence-electron chi connectivity index (χ4n) is 4.24. The number of piperidine rings is 1. The van der Waals surface area contributed by atoms with Gasteiger partial charge in [0, 0.05) is 24.3 Å². The van der Waals surface area contributed by atoms with Gasteiger partial charge >= 0.3 is 0 Å². The van der Waals surface area contributed by atoms with E-state index in [1.54, 1.807) is 18.5 Å². The molecule has 4 rings (SSSR count). The summed E-state index contributed by atoms with van der Waals surface area (Å²) in [6.07, 6.45) is 12.5. The zero-order valence-corrected chi connectivity index (χ0v) is 17.7. The Balaban J connectivity index is 1.46. The molecule has 1 saturated heterocycles. The third-order valence-electron chi connectivity index (χ3n) is 6.46. The zero-order chi connectivity index (χ0) is 21.1. The number of rotatable bonds is 7. The number of hydrogen-bond donors (Lipinski definition) is 1. The van der Waals surface area contributed by atoms with Crippen LogP contribution in [0.25, 0.3) is 16.5 Å². The van der Waals surface area contributed by atoms with E-state index in [9.17, 15) is 4.79 Å². The summed E-state index contributed by atoms with van der Waals surface area (Å²) in [6.45, 7) is 10.1. The lowest BCUT2D eigenvalue weighted by Gasteiger charge is -2.31. The fraction of sp³-hybridized carbons (Fsp3) is 0.360. The fourth-order valence-corrected chi connectivity index (χ4v) is 4.24. The number of pyridine rings is 1. The number of hydrogen-bond acceptors (Lipinski definition) is 4. The number of fused-ring (bicyclic) bond motifs is 1. The Morgan fingerprint density at radius 3 is 2.63 bits per heavy atom. The summed E-state index contributed by atoms with van der Waals surface area (Å²) in [5.74, 6) is 0.593. The molecule has 156 valence electrons. The summed E-state index contributed by atoms with van der Waals surface area (Å²) >= 11 is 0. The van der Waals surface area contributed by atoms with E-state index in [4.69, 9.17) is 0 Å². The van der Waals surface area contributed by atoms with Gasteiger partial charge in [-0.3, -0.25) is 9.69 Å². The lowest BCUT2D eigenvalue weighted by molar-refractivity contribution is -0.117. The number of amides is 1. The highest BCUT2D eigenvalue weighted by Gasteiger charge is 2.44. The number of carbonyl (C=O) groups is 1. The van der Waals surface area contributed by atoms with Crippen LogP contribution in [0.15, 0.2) is 62.0 Å². The van der Waals surface area contributed by atoms with Gasteiger partial charge in [0.2, 0.25) is 5.91 Å². The van der Waals surface area contributed by atoms with Gasteiger partial charge in [-0.05, 0) is 79.5 Å². The van der Waals surface area contributed by atoms with E-state index >= 15 is 0 Å². The predicted octanol–water partition coefficient (Wildman–Crippen LogP) is 4.65. The van der Waals surface area contributed by atoms with Crippen LogP contribution in [0.2, 0.25) is 0 Å². The van der Waals surface area contributed by atoms with Crippen LogP contribution < -0.4 is 5.32 Å². The molecule has 1 aromatic heterocycles. The van der Waals surface area contributed by atoms with E-state index in [1.165, 1.54) is 25.7 Å². The van der Waals surface area contributed by atoms with Crippen molar-refractivity contribution in [1.29, 1.82) is 0 Å². The number of benzene rings is 1. The molecule has 1 aliphatic heterocycles. The molecule has 0 bridgehead atoms. The summed E-state index contributed by atoms with van der Waals surface area (Å²) in [6, 6.07) is 8.13. The van der Waals surface area contributed by atoms with Gasteiger partial charge in [-0.25, -0.2) is 4.98 Å². The molecular weight excluding hydrogens is 372 g/mol. The van der Waals surface area contributed by atoms with E-state index in [0.717, 1.165) is 35.1 Å². The van der Waals surface area contributed by atoms with Crippen molar-refractivity contribution in [3.63, 3.8) is 0 Å². The standard InChI is InChI=1S/C25H30N4O/c1-4-6-22(28(3)5-2)19-7-8-20-17-26-23(16-21(20)15-19)27-24(30)18-29-13-11-25(9-10-25)12-14-29/h4-8,15-17H,1-2,9-14,18H2,3H3,(H,26,27,30)/b22-6-. The summed E-state index contributed by atoms with van der Waals surface area (Å²) < 4.78 is 0. The van der Waals surface area contributed by atoms with Gasteiger partial charge in [0.15, 0.2) is 0 Å². The molecule has 1 aliphatic carbocycles. The first-order valence-electron chi connectivity index (χ1n) is 10.6. The van der Waals surface area contributed by atoms with Gasteiger partial charge in [-0.2, -0.15) is 0 Å². The maximum Gasteiger partial charge on any atom is 0.239 e. The van der Waals surface area contributed by atoms with Gasteiger partial charge in [-0.15, -0.1) is 0 Å². The van der Waals surface area contributed by atoms with Crippen molar-refractivity contribution in [2.45, 2.75) is 25.7 Å². The lowest BCUT2D eigenvalue weighted by Crippen LogP contribution is -2.39. The molecule has 5 heteroatoms. The Morgan fingerprint density at radius 2 is 1.97 bits per heavy atom. The quantitative estimate of drug-likeness (QED) is 0.685. The molecule has 2 heterocycles. The number of carbonyl (C=O) groups excluding carboxylic acids is 1. The molecular formula is C25H30N4O. The Labute approximate surface area is 178 Å². The van der Waals surface area contributed by atoms with Crippen molar-refractivity contribution in [2.24, 2.45) is 5.41 Å². The molecule has 1 amide bonds. The average molecular weight is 403 g/mol. The number of aromatic nitrogens is 1. The summed E-state index contributed by atoms with van der Waals surface area (Å²) in [7, 11) is 1.95. The van der Waals surface area contributed by atoms with Crippen molar-refractivity contribution in [3.8, 4) is 0 Å². The first-order valence-corrected chi connectivity index (χ1v) is 10.6. The highest BCUT2D eigenvalue weighted by atomic mass is 16.2. The van der Waals surface area contributed by atoms with Gasteiger partial charge < -0.3 is 10.2 Å². The first kappa shape index (κ1) is 20.4. The molecule has 0 radical (unpaired) electrons. The van der Waals surface area contributed by atoms with E-state index in [2.05, 4.69) is 40.5 Å². The van der Waals surface area contributed by atoms with Gasteiger partial charge in [0.25, 0.3) is 0 Å². The van der Waals surface area contributed by atoms with Crippen molar-refractivity contribution >= 4 is 28.2 Å². The Morgan fingerprint density at radius 1 is 1.20 bits per heavy atom. The summed E-state index contributed by atoms with van der Waals surface area (Å²) in [4.78, 5) is 21.2. The lowest BCUT2D eigenvalue weighted by atomic mass is 9.94. The number of nitrogens with zero attached hydrogens (tertiary/aromatic N) is 3. The Kier molecular flexibility index (Phi) is 5.73. The van der Waals surface area contributed by atoms with Crippen LogP contribution in [0.3, 0.4) is 0 Å². The van der Waals surface area contributed by atoms with Crippen molar-refractivity contribution in [1.82, 2.24) is 14.8 Å². The topological polar surface area (TPSA) is 48.5 Å². The number of likely N-dealkylation sites (tertiary alicyclic amines) is 1. The second-order valence-electron chi connectivity index (χ2n) is 8.54. The molecule has 1 N–H and O–H groups in total. The summed E-state index contributed by atoms with van der Waals surface area (Å²) in [5.41, 5.74) is 2.68. The zero-order valence-electron chi connectivity index (χ0n) is 17.7. The largest absolute Gasteiger partial charge is 0.351 e. The molecule has 2 aromatic rings. The smallest absolute Gasteiger partial charge is 0.239 e. The van der Waals surface area contributed by atoms with Crippen LogP contribution >= 0.6 is 0 Å². The second-order valence-corrected chi connectivity index (χ2v) is 8.54. The molecule has 1 aromatic carbocycles. The molecule has 2 aliphatic rings. The number of allylic oxidation sites excluding steroid dienone is 2. The molecule has 0 unspecified atom stereocenters. The van der Waals surface area contributed by atoms with Crippen LogP contribution in [-0.4, -0.2) is 47.4 Å². The molecule has 2 fully saturated rings. The van der Waals surface area contributed by atoms with Crippen LogP contribution in [0, 0.1) is 5.41 Å². The Hall–Kier alpha value is -2.92. The molecule has 0 atom stereocenters. The van der Waals surface area contributed by atoms with E-state index < -0.39 is 0 Å². The molecule has 1 spiro atoms. The normalized spacial score (nSPS) is 18.2. The van der Waals surface area contributed by atoms with Crippen LogP contribution in [-0.2, 0) is 4.79 Å². The minimum atomic E-state index is 0.00313. The van der Waals surface area contributed by atoms with Gasteiger partial charge in [-0.1, -0.05) is 31.4 Å². The predicted molar refractivity (Wildman–Crippen MR) is 124 cm³/mol. The maximum absolute atomic E-state index is 12.6. The van der Waals surface area contributed by atoms with Crippen molar-refractivity contribution in [2.75, 3.05) is 32.0 Å². The molecule has 1 saturated carbocycles. The van der Waals surface area contributed by atoms with Gasteiger partial charge in [0.05, 0.1) is 6.54 Å². The van der Waals surface area contributed by atoms with Crippen LogP contribution in [0.1, 0.15) is 31.2 Å². The van der Waals surface area contributed by atoms with Gasteiger partial charge in [0.1, 0.15) is 5.82 Å². The Bertz CT molecular complexity index is 995. The minimum Gasteiger partial charge on any atom is -0.351 e. The minimum absolute atomic E-state index is 0.00313. The third-order valence-corrected chi connectivity index (χ3v) is 6.46. The van der Waals surface area contributed by atoms with Crippen molar-refractivity contribution < 1.29 is 4.79 Å². The highest BCUT2D eigenvalue weighted by molar-refractivity contribution is 5.94. The third kappa shape index (κ3) is 4.46. The summed E-state index contributed by atoms with van der Waals surface area (Å²) in [5, 5.41) is 5.03. The van der Waals surface area contributed by atoms with E-state index in [-0.39, 0.29) is 5.91 Å². The second kappa shape index (κ2) is 8.44. The van der Waals surface area contributed by atoms with Crippen LogP contribution in [0.4, 0.5) is 5.82 Å². The number of anilines is 1. The first-order chi connectivity index (χ1) is 14.5. The number of nitrogens with one attached hydrogen (secondary N) is 1.